The summed E-state index contributed by atoms with van der Waals surface area (Å²) in [5, 5.41) is 4.29. The predicted octanol–water partition coefficient (Wildman–Crippen LogP) is 2.15. The van der Waals surface area contributed by atoms with Crippen molar-refractivity contribution in [1.82, 2.24) is 5.43 Å². The summed E-state index contributed by atoms with van der Waals surface area (Å²) in [6, 6.07) is 0. The van der Waals surface area contributed by atoms with Gasteiger partial charge in [-0.25, -0.2) is 10.2 Å². The molecule has 1 N–H and O–H groups in total. The van der Waals surface area contributed by atoms with Crippen LogP contribution in [0.2, 0.25) is 0 Å². The Labute approximate surface area is 95.4 Å². The van der Waals surface area contributed by atoms with E-state index in [2.05, 4.69) is 15.3 Å². The number of carbonyl (C=O) groups is 1. The van der Waals surface area contributed by atoms with E-state index in [9.17, 15) is 4.79 Å². The van der Waals surface area contributed by atoms with E-state index < -0.39 is 6.09 Å². The molecule has 16 heavy (non-hydrogen) atoms. The predicted molar refractivity (Wildman–Crippen MR) is 60.0 cm³/mol. The number of hydrogen-bond acceptors (Lipinski definition) is 3. The summed E-state index contributed by atoms with van der Waals surface area (Å²) in [5.41, 5.74) is 3.72. The van der Waals surface area contributed by atoms with Crippen LogP contribution in [-0.2, 0) is 4.74 Å². The van der Waals surface area contributed by atoms with Gasteiger partial charge in [0.05, 0.1) is 7.11 Å². The highest BCUT2D eigenvalue weighted by Crippen LogP contribution is 2.52. The van der Waals surface area contributed by atoms with Gasteiger partial charge < -0.3 is 4.74 Å². The van der Waals surface area contributed by atoms with Crippen LogP contribution < -0.4 is 5.43 Å². The lowest BCUT2D eigenvalue weighted by atomic mass is 9.55. The van der Waals surface area contributed by atoms with Crippen LogP contribution in [-0.4, -0.2) is 18.9 Å². The summed E-state index contributed by atoms with van der Waals surface area (Å²) in [7, 11) is 1.37. The Kier molecular flexibility index (Phi) is 2.37. The smallest absolute Gasteiger partial charge is 0.427 e. The van der Waals surface area contributed by atoms with E-state index >= 15 is 0 Å². The molecule has 4 bridgehead atoms. The van der Waals surface area contributed by atoms with Crippen LogP contribution >= 0.6 is 0 Å². The van der Waals surface area contributed by atoms with Crippen molar-refractivity contribution >= 4 is 11.8 Å². The third-order valence-corrected chi connectivity index (χ3v) is 4.44. The average molecular weight is 222 g/mol. The van der Waals surface area contributed by atoms with Gasteiger partial charge in [-0.05, 0) is 55.8 Å². The first-order chi connectivity index (χ1) is 7.76. The second-order valence-corrected chi connectivity index (χ2v) is 5.44. The summed E-state index contributed by atoms with van der Waals surface area (Å²) >= 11 is 0. The van der Waals surface area contributed by atoms with Crippen molar-refractivity contribution in [3.8, 4) is 0 Å². The zero-order chi connectivity index (χ0) is 11.1. The highest BCUT2D eigenvalue weighted by atomic mass is 16.5. The van der Waals surface area contributed by atoms with Gasteiger partial charge in [-0.2, -0.15) is 5.10 Å². The van der Waals surface area contributed by atoms with Crippen molar-refractivity contribution in [3.05, 3.63) is 0 Å². The highest BCUT2D eigenvalue weighted by molar-refractivity contribution is 5.91. The highest BCUT2D eigenvalue weighted by Gasteiger charge is 2.46. The minimum Gasteiger partial charge on any atom is -0.452 e. The zero-order valence-corrected chi connectivity index (χ0v) is 9.61. The summed E-state index contributed by atoms with van der Waals surface area (Å²) in [4.78, 5) is 11.0. The Morgan fingerprint density at radius 2 is 1.75 bits per heavy atom. The molecule has 0 atom stereocenters. The molecule has 4 heteroatoms. The van der Waals surface area contributed by atoms with Gasteiger partial charge in [0.2, 0.25) is 0 Å². The number of methoxy groups -OCH3 is 1. The van der Waals surface area contributed by atoms with Crippen LogP contribution in [0.3, 0.4) is 0 Å². The van der Waals surface area contributed by atoms with Crippen molar-refractivity contribution < 1.29 is 9.53 Å². The first-order valence-corrected chi connectivity index (χ1v) is 6.17. The van der Waals surface area contributed by atoms with E-state index in [1.165, 1.54) is 44.9 Å². The number of rotatable bonds is 1. The summed E-state index contributed by atoms with van der Waals surface area (Å²) < 4.78 is 4.54. The lowest BCUT2D eigenvalue weighted by Crippen LogP contribution is -2.46. The summed E-state index contributed by atoms with van der Waals surface area (Å²) in [5.74, 6) is 3.13. The second-order valence-electron chi connectivity index (χ2n) is 5.44. The molecule has 0 saturated heterocycles. The van der Waals surface area contributed by atoms with E-state index in [0.717, 1.165) is 11.8 Å². The maximum Gasteiger partial charge on any atom is 0.427 e. The van der Waals surface area contributed by atoms with Crippen LogP contribution in [0.5, 0.6) is 0 Å². The van der Waals surface area contributed by atoms with E-state index in [1.807, 2.05) is 0 Å². The molecule has 88 valence electrons. The fourth-order valence-electron chi connectivity index (χ4n) is 4.01. The molecule has 4 aliphatic rings. The van der Waals surface area contributed by atoms with Gasteiger partial charge >= 0.3 is 6.09 Å². The fourth-order valence-corrected chi connectivity index (χ4v) is 4.01. The molecule has 0 radical (unpaired) electrons. The molecule has 4 saturated carbocycles. The Morgan fingerprint density at radius 3 is 2.25 bits per heavy atom. The average Bonchev–Trinajstić information content (AvgIpc) is 2.26. The van der Waals surface area contributed by atoms with Gasteiger partial charge in [0.15, 0.2) is 0 Å². The summed E-state index contributed by atoms with van der Waals surface area (Å²) in [6.45, 7) is 0. The molecule has 0 aromatic heterocycles. The quantitative estimate of drug-likeness (QED) is 0.691. The number of ether oxygens (including phenoxy) is 1. The topological polar surface area (TPSA) is 50.7 Å². The first-order valence-electron chi connectivity index (χ1n) is 6.17. The lowest BCUT2D eigenvalue weighted by molar-refractivity contribution is 0.107. The van der Waals surface area contributed by atoms with Crippen LogP contribution in [0.4, 0.5) is 4.79 Å². The SMILES string of the molecule is COC(=O)NN=C1C2CC3CC(C2)CC1C3. The maximum absolute atomic E-state index is 11.0. The van der Waals surface area contributed by atoms with Gasteiger partial charge in [-0.15, -0.1) is 0 Å². The van der Waals surface area contributed by atoms with Gasteiger partial charge in [0.25, 0.3) is 0 Å². The van der Waals surface area contributed by atoms with Gasteiger partial charge in [-0.3, -0.25) is 0 Å². The molecule has 0 aromatic carbocycles. The van der Waals surface area contributed by atoms with Crippen molar-refractivity contribution in [3.63, 3.8) is 0 Å². The second kappa shape index (κ2) is 3.75. The minimum atomic E-state index is -0.457. The molecule has 4 rings (SSSR count). The number of hydrogen-bond donors (Lipinski definition) is 1. The molecule has 0 heterocycles. The van der Waals surface area contributed by atoms with Crippen LogP contribution in [0.25, 0.3) is 0 Å². The number of nitrogens with one attached hydrogen (secondary N) is 1. The van der Waals surface area contributed by atoms with Crippen molar-refractivity contribution in [2.75, 3.05) is 7.11 Å². The third-order valence-electron chi connectivity index (χ3n) is 4.44. The van der Waals surface area contributed by atoms with E-state index in [4.69, 9.17) is 0 Å². The molecule has 4 nitrogen and oxygen atoms in total. The Balaban J connectivity index is 1.74. The molecule has 0 spiro atoms. The number of amides is 1. The lowest BCUT2D eigenvalue weighted by Gasteiger charge is -2.50. The van der Waals surface area contributed by atoms with E-state index in [1.54, 1.807) is 0 Å². The fraction of sp³-hybridized carbons (Fsp3) is 0.833. The van der Waals surface area contributed by atoms with Crippen molar-refractivity contribution in [2.24, 2.45) is 28.8 Å². The molecular formula is C12H18N2O2. The molecule has 0 aromatic rings. The van der Waals surface area contributed by atoms with E-state index in [-0.39, 0.29) is 0 Å². The molecule has 0 unspecified atom stereocenters. The van der Waals surface area contributed by atoms with Gasteiger partial charge in [0.1, 0.15) is 0 Å². The zero-order valence-electron chi connectivity index (χ0n) is 9.61. The van der Waals surface area contributed by atoms with Crippen LogP contribution in [0.1, 0.15) is 32.1 Å². The van der Waals surface area contributed by atoms with Crippen molar-refractivity contribution in [1.29, 1.82) is 0 Å². The van der Waals surface area contributed by atoms with Crippen molar-refractivity contribution in [2.45, 2.75) is 32.1 Å². The third kappa shape index (κ3) is 1.60. The standard InChI is InChI=1S/C12H18N2O2/c1-16-12(15)14-13-11-9-3-7-2-8(5-9)6-10(11)4-7/h7-10H,2-6H2,1H3,(H,14,15). The number of hydrazone groups is 1. The molecular weight excluding hydrogens is 204 g/mol. The Morgan fingerprint density at radius 1 is 1.19 bits per heavy atom. The minimum absolute atomic E-state index is 0.457. The monoisotopic (exact) mass is 222 g/mol. The van der Waals surface area contributed by atoms with Crippen LogP contribution in [0.15, 0.2) is 5.10 Å². The Bertz CT molecular complexity index is 308. The van der Waals surface area contributed by atoms with Gasteiger partial charge in [0, 0.05) is 5.71 Å². The number of carbonyl (C=O) groups excluding carboxylic acids is 1. The molecule has 1 amide bonds. The first kappa shape index (κ1) is 10.1. The van der Waals surface area contributed by atoms with E-state index in [0.29, 0.717) is 11.8 Å². The molecule has 0 aliphatic heterocycles. The molecule has 4 aliphatic carbocycles. The normalized spacial score (nSPS) is 39.7. The summed E-state index contributed by atoms with van der Waals surface area (Å²) in [6.07, 6.45) is 6.12. The van der Waals surface area contributed by atoms with Crippen LogP contribution in [0, 0.1) is 23.7 Å². The Hall–Kier alpha value is -1.06. The molecule has 4 fully saturated rings. The maximum atomic E-state index is 11.0. The largest absolute Gasteiger partial charge is 0.452 e. The number of nitrogens with zero attached hydrogens (tertiary/aromatic N) is 1. The van der Waals surface area contributed by atoms with Gasteiger partial charge in [-0.1, -0.05) is 0 Å².